The second kappa shape index (κ2) is 4.36. The van der Waals surface area contributed by atoms with E-state index in [1.807, 2.05) is 0 Å². The normalized spacial score (nSPS) is 38.9. The Bertz CT molecular complexity index is 388. The summed E-state index contributed by atoms with van der Waals surface area (Å²) in [6, 6.07) is 11.8. The fourth-order valence-corrected chi connectivity index (χ4v) is 4.47. The Balaban J connectivity index is 1.47. The van der Waals surface area contributed by atoms with E-state index in [-0.39, 0.29) is 0 Å². The summed E-state index contributed by atoms with van der Waals surface area (Å²) in [7, 11) is 0. The van der Waals surface area contributed by atoms with Gasteiger partial charge in [-0.3, -0.25) is 4.90 Å². The standard InChI is InChI=1S/C16H22N2/c1-2-4-12(5-3-1)9-18-10-14-13-6-7-16(17-8-13)15(14)11-18/h1-5,13-17H,6-11H2/t13-,14+,15-,16+/m0/s1. The molecule has 18 heavy (non-hydrogen) atoms. The molecule has 1 aromatic rings. The van der Waals surface area contributed by atoms with Crippen molar-refractivity contribution in [1.29, 1.82) is 0 Å². The van der Waals surface area contributed by atoms with Crippen LogP contribution in [0.4, 0.5) is 0 Å². The number of likely N-dealkylation sites (tertiary alicyclic amines) is 1. The molecule has 0 amide bonds. The molecule has 4 aliphatic rings. The number of hydrogen-bond acceptors (Lipinski definition) is 2. The first-order valence-electron chi connectivity index (χ1n) is 7.40. The van der Waals surface area contributed by atoms with Crippen LogP contribution in [0.2, 0.25) is 0 Å². The zero-order valence-electron chi connectivity index (χ0n) is 10.9. The molecule has 2 nitrogen and oxygen atoms in total. The molecular formula is C16H22N2. The van der Waals surface area contributed by atoms with Gasteiger partial charge in [-0.05, 0) is 42.7 Å². The van der Waals surface area contributed by atoms with Gasteiger partial charge < -0.3 is 5.32 Å². The molecule has 3 aliphatic heterocycles. The van der Waals surface area contributed by atoms with Crippen molar-refractivity contribution in [2.24, 2.45) is 17.8 Å². The van der Waals surface area contributed by atoms with Crippen molar-refractivity contribution in [3.63, 3.8) is 0 Å². The Morgan fingerprint density at radius 1 is 1.06 bits per heavy atom. The maximum absolute atomic E-state index is 3.75. The lowest BCUT2D eigenvalue weighted by Gasteiger charge is -2.45. The van der Waals surface area contributed by atoms with Gasteiger partial charge in [-0.25, -0.2) is 0 Å². The average Bonchev–Trinajstić information content (AvgIpc) is 2.86. The Morgan fingerprint density at radius 3 is 2.61 bits per heavy atom. The smallest absolute Gasteiger partial charge is 0.0233 e. The van der Waals surface area contributed by atoms with E-state index in [1.165, 1.54) is 38.0 Å². The summed E-state index contributed by atoms with van der Waals surface area (Å²) in [6.07, 6.45) is 2.89. The quantitative estimate of drug-likeness (QED) is 0.854. The zero-order valence-corrected chi connectivity index (χ0v) is 10.9. The van der Waals surface area contributed by atoms with Gasteiger partial charge in [0.05, 0.1) is 0 Å². The highest BCUT2D eigenvalue weighted by Gasteiger charge is 2.47. The third-order valence-corrected chi connectivity index (χ3v) is 5.35. The summed E-state index contributed by atoms with van der Waals surface area (Å²) in [6.45, 7) is 5.08. The third kappa shape index (κ3) is 1.79. The van der Waals surface area contributed by atoms with E-state index in [2.05, 4.69) is 40.5 Å². The lowest BCUT2D eigenvalue weighted by atomic mass is 9.68. The number of fused-ring (bicyclic) bond motifs is 2. The first-order valence-corrected chi connectivity index (χ1v) is 7.40. The van der Waals surface area contributed by atoms with Gasteiger partial charge in [-0.15, -0.1) is 0 Å². The fourth-order valence-electron chi connectivity index (χ4n) is 4.47. The lowest BCUT2D eigenvalue weighted by molar-refractivity contribution is 0.0926. The van der Waals surface area contributed by atoms with Crippen molar-refractivity contribution in [2.75, 3.05) is 19.6 Å². The molecule has 1 saturated carbocycles. The summed E-state index contributed by atoms with van der Waals surface area (Å²) < 4.78 is 0. The van der Waals surface area contributed by atoms with E-state index in [1.54, 1.807) is 0 Å². The molecule has 96 valence electrons. The molecule has 0 aromatic heterocycles. The predicted molar refractivity (Wildman–Crippen MR) is 73.2 cm³/mol. The Labute approximate surface area is 109 Å². The van der Waals surface area contributed by atoms with E-state index in [4.69, 9.17) is 0 Å². The summed E-state index contributed by atoms with van der Waals surface area (Å²) >= 11 is 0. The van der Waals surface area contributed by atoms with Crippen molar-refractivity contribution in [3.8, 4) is 0 Å². The van der Waals surface area contributed by atoms with Crippen LogP contribution in [0.1, 0.15) is 18.4 Å². The average molecular weight is 242 g/mol. The van der Waals surface area contributed by atoms with Gasteiger partial charge in [0.2, 0.25) is 0 Å². The maximum Gasteiger partial charge on any atom is 0.0233 e. The first kappa shape index (κ1) is 11.0. The van der Waals surface area contributed by atoms with Gasteiger partial charge in [0, 0.05) is 25.7 Å². The van der Waals surface area contributed by atoms with Crippen LogP contribution in [0.25, 0.3) is 0 Å². The van der Waals surface area contributed by atoms with E-state index >= 15 is 0 Å². The fraction of sp³-hybridized carbons (Fsp3) is 0.625. The second-order valence-corrected chi connectivity index (χ2v) is 6.36. The molecule has 4 fully saturated rings. The molecule has 1 N–H and O–H groups in total. The van der Waals surface area contributed by atoms with Crippen LogP contribution in [-0.4, -0.2) is 30.6 Å². The van der Waals surface area contributed by atoms with Gasteiger partial charge in [-0.1, -0.05) is 30.3 Å². The summed E-state index contributed by atoms with van der Waals surface area (Å²) in [5.74, 6) is 2.87. The van der Waals surface area contributed by atoms with Crippen molar-refractivity contribution < 1.29 is 0 Å². The molecular weight excluding hydrogens is 220 g/mol. The molecule has 3 saturated heterocycles. The number of rotatable bonds is 2. The zero-order chi connectivity index (χ0) is 11.9. The first-order chi connectivity index (χ1) is 8.90. The third-order valence-electron chi connectivity index (χ3n) is 5.35. The minimum atomic E-state index is 0.820. The highest BCUT2D eigenvalue weighted by Crippen LogP contribution is 2.43. The van der Waals surface area contributed by atoms with E-state index in [0.29, 0.717) is 0 Å². The predicted octanol–water partition coefficient (Wildman–Crippen LogP) is 2.12. The van der Waals surface area contributed by atoms with Crippen LogP contribution in [0.5, 0.6) is 0 Å². The minimum Gasteiger partial charge on any atom is -0.313 e. The van der Waals surface area contributed by atoms with Crippen LogP contribution in [-0.2, 0) is 6.54 Å². The number of nitrogens with one attached hydrogen (secondary N) is 1. The monoisotopic (exact) mass is 242 g/mol. The van der Waals surface area contributed by atoms with E-state index in [9.17, 15) is 0 Å². The number of benzene rings is 1. The van der Waals surface area contributed by atoms with E-state index < -0.39 is 0 Å². The van der Waals surface area contributed by atoms with Crippen LogP contribution >= 0.6 is 0 Å². The summed E-state index contributed by atoms with van der Waals surface area (Å²) in [5.41, 5.74) is 1.47. The molecule has 1 aromatic carbocycles. The largest absolute Gasteiger partial charge is 0.313 e. The molecule has 0 spiro atoms. The number of nitrogens with zero attached hydrogens (tertiary/aromatic N) is 1. The Morgan fingerprint density at radius 2 is 1.89 bits per heavy atom. The Hall–Kier alpha value is -0.860. The van der Waals surface area contributed by atoms with Gasteiger partial charge in [0.1, 0.15) is 0 Å². The van der Waals surface area contributed by atoms with E-state index in [0.717, 1.165) is 30.3 Å². The van der Waals surface area contributed by atoms with Crippen LogP contribution in [0.3, 0.4) is 0 Å². The van der Waals surface area contributed by atoms with Crippen LogP contribution in [0, 0.1) is 17.8 Å². The molecule has 0 radical (unpaired) electrons. The van der Waals surface area contributed by atoms with Gasteiger partial charge in [0.25, 0.3) is 0 Å². The van der Waals surface area contributed by atoms with Crippen molar-refractivity contribution in [1.82, 2.24) is 10.2 Å². The van der Waals surface area contributed by atoms with Crippen molar-refractivity contribution in [2.45, 2.75) is 25.4 Å². The number of piperidine rings is 2. The SMILES string of the molecule is c1ccc(CN2C[C@@H]3[C@H]4CC[C@@H](NC4)[C@H]3C2)cc1. The van der Waals surface area contributed by atoms with Gasteiger partial charge >= 0.3 is 0 Å². The highest BCUT2D eigenvalue weighted by molar-refractivity contribution is 5.15. The molecule has 1 aliphatic carbocycles. The molecule has 0 unspecified atom stereocenters. The molecule has 2 bridgehead atoms. The van der Waals surface area contributed by atoms with Crippen LogP contribution in [0.15, 0.2) is 30.3 Å². The molecule has 5 rings (SSSR count). The van der Waals surface area contributed by atoms with Gasteiger partial charge in [-0.2, -0.15) is 0 Å². The highest BCUT2D eigenvalue weighted by atomic mass is 15.2. The minimum absolute atomic E-state index is 0.820. The number of hydrogen-bond donors (Lipinski definition) is 1. The topological polar surface area (TPSA) is 15.3 Å². The maximum atomic E-state index is 3.75. The van der Waals surface area contributed by atoms with Crippen molar-refractivity contribution >= 4 is 0 Å². The lowest BCUT2D eigenvalue weighted by Crippen LogP contribution is -2.54. The van der Waals surface area contributed by atoms with Crippen LogP contribution < -0.4 is 5.32 Å². The molecule has 2 heteroatoms. The molecule has 3 heterocycles. The van der Waals surface area contributed by atoms with Gasteiger partial charge in [0.15, 0.2) is 0 Å². The molecule has 4 atom stereocenters. The summed E-state index contributed by atoms with van der Waals surface area (Å²) in [4.78, 5) is 2.68. The summed E-state index contributed by atoms with van der Waals surface area (Å²) in [5, 5.41) is 3.75. The Kier molecular flexibility index (Phi) is 2.66. The second-order valence-electron chi connectivity index (χ2n) is 6.36. The van der Waals surface area contributed by atoms with Crippen molar-refractivity contribution in [3.05, 3.63) is 35.9 Å².